The minimum Gasteiger partial charge on any atom is -0.486 e. The van der Waals surface area contributed by atoms with E-state index in [1.807, 2.05) is 0 Å². The maximum atomic E-state index is 12.1. The first-order chi connectivity index (χ1) is 9.24. The molecule has 19 heavy (non-hydrogen) atoms. The highest BCUT2D eigenvalue weighted by Crippen LogP contribution is 2.38. The molecule has 4 nitrogen and oxygen atoms in total. The molecule has 0 aromatic heterocycles. The van der Waals surface area contributed by atoms with Gasteiger partial charge in [-0.2, -0.15) is 0 Å². The Bertz CT molecular complexity index is 500. The van der Waals surface area contributed by atoms with Crippen LogP contribution in [0, 0.1) is 5.92 Å². The Labute approximate surface area is 120 Å². The fraction of sp³-hybridized carbons (Fsp3) is 0.500. The highest BCUT2D eigenvalue weighted by Gasteiger charge is 2.21. The molecule has 0 spiro atoms. The molecule has 1 aromatic rings. The van der Waals surface area contributed by atoms with E-state index in [2.05, 4.69) is 21.2 Å². The number of halogens is 1. The summed E-state index contributed by atoms with van der Waals surface area (Å²) >= 11 is 3.42. The van der Waals surface area contributed by atoms with E-state index in [0.717, 1.165) is 11.0 Å². The Morgan fingerprint density at radius 1 is 1.32 bits per heavy atom. The van der Waals surface area contributed by atoms with Crippen LogP contribution < -0.4 is 14.8 Å². The van der Waals surface area contributed by atoms with Crippen molar-refractivity contribution >= 4 is 21.8 Å². The Morgan fingerprint density at radius 2 is 2.11 bits per heavy atom. The molecule has 0 unspecified atom stereocenters. The summed E-state index contributed by atoms with van der Waals surface area (Å²) in [5, 5.41) is 2.98. The Kier molecular flexibility index (Phi) is 3.64. The highest BCUT2D eigenvalue weighted by molar-refractivity contribution is 9.10. The lowest BCUT2D eigenvalue weighted by molar-refractivity contribution is 0.0937. The number of amides is 1. The summed E-state index contributed by atoms with van der Waals surface area (Å²) in [6, 6.07) is 3.53. The third-order valence-corrected chi connectivity index (χ3v) is 4.22. The fourth-order valence-electron chi connectivity index (χ4n) is 2.28. The fourth-order valence-corrected chi connectivity index (χ4v) is 2.83. The number of hydrogen-bond donors (Lipinski definition) is 1. The summed E-state index contributed by atoms with van der Waals surface area (Å²) in [7, 11) is 0. The van der Waals surface area contributed by atoms with E-state index in [-0.39, 0.29) is 5.91 Å². The van der Waals surface area contributed by atoms with Crippen molar-refractivity contribution in [3.63, 3.8) is 0 Å². The summed E-state index contributed by atoms with van der Waals surface area (Å²) in [5.41, 5.74) is 0.607. The van der Waals surface area contributed by atoms with Crippen LogP contribution >= 0.6 is 15.9 Å². The van der Waals surface area contributed by atoms with Crippen molar-refractivity contribution in [1.29, 1.82) is 0 Å². The molecule has 1 aliphatic carbocycles. The predicted octanol–water partition coefficient (Wildman–Crippen LogP) is 2.75. The normalized spacial score (nSPS) is 17.7. The molecule has 2 aliphatic rings. The van der Waals surface area contributed by atoms with E-state index in [4.69, 9.17) is 9.47 Å². The zero-order valence-electron chi connectivity index (χ0n) is 10.6. The highest BCUT2D eigenvalue weighted by atomic mass is 79.9. The van der Waals surface area contributed by atoms with Crippen LogP contribution in [0.25, 0.3) is 0 Å². The molecule has 1 aromatic carbocycles. The van der Waals surface area contributed by atoms with Gasteiger partial charge in [-0.3, -0.25) is 4.79 Å². The van der Waals surface area contributed by atoms with Gasteiger partial charge in [-0.15, -0.1) is 0 Å². The molecular formula is C14H16BrNO3. The van der Waals surface area contributed by atoms with Crippen LogP contribution in [0.4, 0.5) is 0 Å². The topological polar surface area (TPSA) is 47.6 Å². The van der Waals surface area contributed by atoms with Gasteiger partial charge in [0.15, 0.2) is 11.5 Å². The van der Waals surface area contributed by atoms with Crippen molar-refractivity contribution in [2.45, 2.75) is 19.3 Å². The molecule has 1 N–H and O–H groups in total. The maximum absolute atomic E-state index is 12.1. The molecule has 1 fully saturated rings. The minimum absolute atomic E-state index is 0.0513. The van der Waals surface area contributed by atoms with Gasteiger partial charge >= 0.3 is 0 Å². The van der Waals surface area contributed by atoms with Gasteiger partial charge in [-0.1, -0.05) is 6.42 Å². The summed E-state index contributed by atoms with van der Waals surface area (Å²) in [5.74, 6) is 1.92. The quantitative estimate of drug-likeness (QED) is 0.929. The monoisotopic (exact) mass is 325 g/mol. The average molecular weight is 326 g/mol. The van der Waals surface area contributed by atoms with Crippen molar-refractivity contribution in [2.24, 2.45) is 5.92 Å². The maximum Gasteiger partial charge on any atom is 0.251 e. The Balaban J connectivity index is 1.72. The van der Waals surface area contributed by atoms with Crippen molar-refractivity contribution in [1.82, 2.24) is 5.32 Å². The Morgan fingerprint density at radius 3 is 2.84 bits per heavy atom. The van der Waals surface area contributed by atoms with Crippen LogP contribution in [0.5, 0.6) is 11.5 Å². The Hall–Kier alpha value is -1.23. The lowest BCUT2D eigenvalue weighted by Gasteiger charge is -2.25. The van der Waals surface area contributed by atoms with Crippen LogP contribution in [0.3, 0.4) is 0 Å². The van der Waals surface area contributed by atoms with Crippen molar-refractivity contribution in [3.05, 3.63) is 22.2 Å². The van der Waals surface area contributed by atoms with E-state index in [9.17, 15) is 4.79 Å². The van der Waals surface area contributed by atoms with Gasteiger partial charge in [0.25, 0.3) is 5.91 Å². The third-order valence-electron chi connectivity index (χ3n) is 3.64. The first kappa shape index (κ1) is 12.8. The van der Waals surface area contributed by atoms with Gasteiger partial charge < -0.3 is 14.8 Å². The first-order valence-electron chi connectivity index (χ1n) is 6.61. The number of ether oxygens (including phenoxy) is 2. The van der Waals surface area contributed by atoms with E-state index >= 15 is 0 Å². The molecule has 1 heterocycles. The molecule has 1 amide bonds. The predicted molar refractivity (Wildman–Crippen MR) is 74.8 cm³/mol. The lowest BCUT2D eigenvalue weighted by atomic mass is 9.85. The van der Waals surface area contributed by atoms with Crippen molar-refractivity contribution in [2.75, 3.05) is 19.8 Å². The molecule has 1 saturated carbocycles. The van der Waals surface area contributed by atoms with Gasteiger partial charge in [0.1, 0.15) is 13.2 Å². The number of fused-ring (bicyclic) bond motifs is 1. The van der Waals surface area contributed by atoms with Crippen molar-refractivity contribution < 1.29 is 14.3 Å². The van der Waals surface area contributed by atoms with Gasteiger partial charge in [-0.25, -0.2) is 0 Å². The number of carbonyl (C=O) groups is 1. The molecule has 5 heteroatoms. The van der Waals surface area contributed by atoms with Gasteiger partial charge in [0.2, 0.25) is 0 Å². The molecule has 3 rings (SSSR count). The van der Waals surface area contributed by atoms with E-state index in [1.165, 1.54) is 19.3 Å². The molecule has 0 atom stereocenters. The number of benzene rings is 1. The van der Waals surface area contributed by atoms with Crippen LogP contribution in [0.2, 0.25) is 0 Å². The smallest absolute Gasteiger partial charge is 0.251 e. The summed E-state index contributed by atoms with van der Waals surface area (Å²) in [4.78, 5) is 12.1. The van der Waals surface area contributed by atoms with Crippen LogP contribution in [-0.2, 0) is 0 Å². The van der Waals surface area contributed by atoms with Crippen LogP contribution in [0.15, 0.2) is 16.6 Å². The second-order valence-corrected chi connectivity index (χ2v) is 5.84. The van der Waals surface area contributed by atoms with E-state index in [1.54, 1.807) is 12.1 Å². The van der Waals surface area contributed by atoms with Crippen LogP contribution in [-0.4, -0.2) is 25.7 Å². The number of rotatable bonds is 3. The molecule has 0 bridgehead atoms. The standard InChI is InChI=1S/C14H16BrNO3/c15-11-6-10(7-12-13(11)19-5-4-18-12)14(17)16-8-9-2-1-3-9/h6-7,9H,1-5,8H2,(H,16,17). The SMILES string of the molecule is O=C(NCC1CCC1)c1cc(Br)c2c(c1)OCCO2. The summed E-state index contributed by atoms with van der Waals surface area (Å²) < 4.78 is 11.8. The minimum atomic E-state index is -0.0513. The second kappa shape index (κ2) is 5.41. The number of hydrogen-bond acceptors (Lipinski definition) is 3. The van der Waals surface area contributed by atoms with Gasteiger partial charge in [-0.05, 0) is 46.8 Å². The van der Waals surface area contributed by atoms with Gasteiger partial charge in [0.05, 0.1) is 4.47 Å². The van der Waals surface area contributed by atoms with Gasteiger partial charge in [0, 0.05) is 12.1 Å². The zero-order chi connectivity index (χ0) is 13.2. The van der Waals surface area contributed by atoms with E-state index < -0.39 is 0 Å². The third kappa shape index (κ3) is 2.71. The van der Waals surface area contributed by atoms with Crippen LogP contribution in [0.1, 0.15) is 29.6 Å². The summed E-state index contributed by atoms with van der Waals surface area (Å²) in [6.07, 6.45) is 3.74. The summed E-state index contributed by atoms with van der Waals surface area (Å²) in [6.45, 7) is 1.83. The largest absolute Gasteiger partial charge is 0.486 e. The lowest BCUT2D eigenvalue weighted by Crippen LogP contribution is -2.32. The molecule has 102 valence electrons. The van der Waals surface area contributed by atoms with Crippen molar-refractivity contribution in [3.8, 4) is 11.5 Å². The number of nitrogens with one attached hydrogen (secondary N) is 1. The molecular weight excluding hydrogens is 310 g/mol. The zero-order valence-corrected chi connectivity index (χ0v) is 12.2. The van der Waals surface area contributed by atoms with E-state index in [0.29, 0.717) is 36.2 Å². The second-order valence-electron chi connectivity index (χ2n) is 4.99. The molecule has 1 aliphatic heterocycles. The average Bonchev–Trinajstić information content (AvgIpc) is 2.36. The first-order valence-corrected chi connectivity index (χ1v) is 7.40. The molecule has 0 radical (unpaired) electrons. The number of carbonyl (C=O) groups excluding carboxylic acids is 1. The molecule has 0 saturated heterocycles.